The quantitative estimate of drug-likeness (QED) is 0.790. The van der Waals surface area contributed by atoms with Crippen molar-refractivity contribution in [2.75, 3.05) is 26.0 Å². The Morgan fingerprint density at radius 3 is 2.57 bits per heavy atom. The van der Waals surface area contributed by atoms with E-state index in [0.717, 1.165) is 12.4 Å². The fraction of sp³-hybridized carbons (Fsp3) is 0.545. The molecule has 3 heteroatoms. The summed E-state index contributed by atoms with van der Waals surface area (Å²) in [5.41, 5.74) is 0.136. The van der Waals surface area contributed by atoms with Gasteiger partial charge in [-0.05, 0) is 40.1 Å². The summed E-state index contributed by atoms with van der Waals surface area (Å²) in [5.74, 6) is 0.933. The summed E-state index contributed by atoms with van der Waals surface area (Å²) < 4.78 is 0. The van der Waals surface area contributed by atoms with E-state index in [1.54, 1.807) is 6.20 Å². The van der Waals surface area contributed by atoms with E-state index in [4.69, 9.17) is 0 Å². The Morgan fingerprint density at radius 2 is 2.07 bits per heavy atom. The Bertz CT molecular complexity index is 267. The van der Waals surface area contributed by atoms with Crippen LogP contribution >= 0.6 is 0 Å². The first-order valence-electron chi connectivity index (χ1n) is 4.85. The summed E-state index contributed by atoms with van der Waals surface area (Å²) in [4.78, 5) is 6.41. The molecule has 14 heavy (non-hydrogen) atoms. The van der Waals surface area contributed by atoms with Gasteiger partial charge in [-0.15, -0.1) is 0 Å². The van der Waals surface area contributed by atoms with Crippen LogP contribution < -0.4 is 5.32 Å². The lowest BCUT2D eigenvalue weighted by atomic mass is 10.0. The van der Waals surface area contributed by atoms with Gasteiger partial charge in [-0.2, -0.15) is 0 Å². The Hall–Kier alpha value is -1.09. The molecule has 1 heterocycles. The summed E-state index contributed by atoms with van der Waals surface area (Å²) in [6.07, 6.45) is 1.80. The summed E-state index contributed by atoms with van der Waals surface area (Å²) in [5, 5.41) is 3.31. The molecule has 0 aliphatic rings. The molecular formula is C11H19N3. The van der Waals surface area contributed by atoms with Crippen molar-refractivity contribution in [3.05, 3.63) is 24.4 Å². The molecule has 1 aromatic rings. The third-order valence-corrected chi connectivity index (χ3v) is 2.58. The van der Waals surface area contributed by atoms with Crippen LogP contribution in [-0.2, 0) is 0 Å². The predicted molar refractivity (Wildman–Crippen MR) is 60.5 cm³/mol. The van der Waals surface area contributed by atoms with Crippen LogP contribution in [0.4, 0.5) is 5.82 Å². The molecule has 1 rings (SSSR count). The number of nitrogens with one attached hydrogen (secondary N) is 1. The first-order valence-corrected chi connectivity index (χ1v) is 4.85. The van der Waals surface area contributed by atoms with Gasteiger partial charge in [0, 0.05) is 18.3 Å². The van der Waals surface area contributed by atoms with Crippen molar-refractivity contribution in [2.45, 2.75) is 19.4 Å². The van der Waals surface area contributed by atoms with Gasteiger partial charge in [-0.3, -0.25) is 0 Å². The molecule has 0 aromatic carbocycles. The molecule has 1 N–H and O–H groups in total. The summed E-state index contributed by atoms with van der Waals surface area (Å²) >= 11 is 0. The molecule has 0 atom stereocenters. The van der Waals surface area contributed by atoms with Crippen molar-refractivity contribution in [1.82, 2.24) is 9.88 Å². The van der Waals surface area contributed by atoms with E-state index in [9.17, 15) is 0 Å². The van der Waals surface area contributed by atoms with Crippen molar-refractivity contribution < 1.29 is 0 Å². The van der Waals surface area contributed by atoms with Crippen molar-refractivity contribution >= 4 is 5.82 Å². The van der Waals surface area contributed by atoms with Crippen LogP contribution in [-0.4, -0.2) is 36.1 Å². The molecule has 3 nitrogen and oxygen atoms in total. The van der Waals surface area contributed by atoms with E-state index in [1.165, 1.54) is 0 Å². The maximum Gasteiger partial charge on any atom is 0.125 e. The number of likely N-dealkylation sites (N-methyl/N-ethyl adjacent to an activating group) is 1. The smallest absolute Gasteiger partial charge is 0.125 e. The fourth-order valence-electron chi connectivity index (χ4n) is 0.932. The van der Waals surface area contributed by atoms with Gasteiger partial charge < -0.3 is 10.2 Å². The number of rotatable bonds is 4. The number of aromatic nitrogens is 1. The minimum Gasteiger partial charge on any atom is -0.368 e. The van der Waals surface area contributed by atoms with Gasteiger partial charge in [-0.1, -0.05) is 6.07 Å². The molecule has 1 aromatic heterocycles. The molecule has 0 radical (unpaired) electrons. The molecule has 0 saturated carbocycles. The van der Waals surface area contributed by atoms with E-state index in [1.807, 2.05) is 18.2 Å². The maximum atomic E-state index is 4.21. The van der Waals surface area contributed by atoms with Crippen LogP contribution in [0.1, 0.15) is 13.8 Å². The van der Waals surface area contributed by atoms with Crippen LogP contribution in [0.25, 0.3) is 0 Å². The van der Waals surface area contributed by atoms with Crippen LogP contribution in [0.2, 0.25) is 0 Å². The minimum absolute atomic E-state index is 0.136. The highest BCUT2D eigenvalue weighted by Gasteiger charge is 2.19. The lowest BCUT2D eigenvalue weighted by Crippen LogP contribution is -2.44. The van der Waals surface area contributed by atoms with Crippen molar-refractivity contribution in [1.29, 1.82) is 0 Å². The summed E-state index contributed by atoms with van der Waals surface area (Å²) in [6, 6.07) is 5.88. The lowest BCUT2D eigenvalue weighted by Gasteiger charge is -2.32. The number of hydrogen-bond acceptors (Lipinski definition) is 3. The Morgan fingerprint density at radius 1 is 1.36 bits per heavy atom. The molecule has 0 bridgehead atoms. The predicted octanol–water partition coefficient (Wildman–Crippen LogP) is 1.83. The second-order valence-electron chi connectivity index (χ2n) is 4.28. The molecule has 0 saturated heterocycles. The highest BCUT2D eigenvalue weighted by Crippen LogP contribution is 2.11. The van der Waals surface area contributed by atoms with E-state index in [0.29, 0.717) is 0 Å². The Kier molecular flexibility index (Phi) is 3.47. The molecule has 0 fully saturated rings. The molecule has 0 unspecified atom stereocenters. The SMILES string of the molecule is CN(C)C(C)(C)CNc1ccccn1. The second-order valence-corrected chi connectivity index (χ2v) is 4.28. The van der Waals surface area contributed by atoms with Crippen molar-refractivity contribution in [3.63, 3.8) is 0 Å². The molecule has 0 aliphatic heterocycles. The van der Waals surface area contributed by atoms with Gasteiger partial charge in [0.15, 0.2) is 0 Å². The van der Waals surface area contributed by atoms with E-state index in [2.05, 4.69) is 43.1 Å². The first kappa shape index (κ1) is 11.0. The normalized spacial score (nSPS) is 11.8. The topological polar surface area (TPSA) is 28.2 Å². The number of pyridine rings is 1. The van der Waals surface area contributed by atoms with Crippen LogP contribution in [0, 0.1) is 0 Å². The zero-order valence-corrected chi connectivity index (χ0v) is 9.41. The van der Waals surface area contributed by atoms with E-state index >= 15 is 0 Å². The Balaban J connectivity index is 2.49. The van der Waals surface area contributed by atoms with Gasteiger partial charge in [0.25, 0.3) is 0 Å². The molecule has 0 aliphatic carbocycles. The third kappa shape index (κ3) is 3.00. The third-order valence-electron chi connectivity index (χ3n) is 2.58. The zero-order valence-electron chi connectivity index (χ0n) is 9.41. The second kappa shape index (κ2) is 4.42. The van der Waals surface area contributed by atoms with Gasteiger partial charge in [0.05, 0.1) is 0 Å². The lowest BCUT2D eigenvalue weighted by molar-refractivity contribution is 0.210. The average molecular weight is 193 g/mol. The molecular weight excluding hydrogens is 174 g/mol. The van der Waals surface area contributed by atoms with Crippen LogP contribution in [0.5, 0.6) is 0 Å². The van der Waals surface area contributed by atoms with E-state index < -0.39 is 0 Å². The number of nitrogens with zero attached hydrogens (tertiary/aromatic N) is 2. The zero-order chi connectivity index (χ0) is 10.6. The molecule has 0 spiro atoms. The van der Waals surface area contributed by atoms with E-state index in [-0.39, 0.29) is 5.54 Å². The van der Waals surface area contributed by atoms with Crippen molar-refractivity contribution in [2.24, 2.45) is 0 Å². The minimum atomic E-state index is 0.136. The standard InChI is InChI=1S/C11H19N3/c1-11(2,14(3)4)9-13-10-7-5-6-8-12-10/h5-8H,9H2,1-4H3,(H,12,13). The van der Waals surface area contributed by atoms with Crippen LogP contribution in [0.15, 0.2) is 24.4 Å². The van der Waals surface area contributed by atoms with Gasteiger partial charge in [-0.25, -0.2) is 4.98 Å². The number of anilines is 1. The van der Waals surface area contributed by atoms with Gasteiger partial charge in [0.2, 0.25) is 0 Å². The summed E-state index contributed by atoms with van der Waals surface area (Å²) in [7, 11) is 4.17. The average Bonchev–Trinajstić information content (AvgIpc) is 2.16. The number of hydrogen-bond donors (Lipinski definition) is 1. The maximum absolute atomic E-state index is 4.21. The van der Waals surface area contributed by atoms with Crippen LogP contribution in [0.3, 0.4) is 0 Å². The van der Waals surface area contributed by atoms with Gasteiger partial charge >= 0.3 is 0 Å². The first-order chi connectivity index (χ1) is 6.52. The van der Waals surface area contributed by atoms with Gasteiger partial charge in [0.1, 0.15) is 5.82 Å². The highest BCUT2D eigenvalue weighted by molar-refractivity contribution is 5.33. The highest BCUT2D eigenvalue weighted by atomic mass is 15.2. The van der Waals surface area contributed by atoms with Crippen molar-refractivity contribution in [3.8, 4) is 0 Å². The largest absolute Gasteiger partial charge is 0.368 e. The molecule has 0 amide bonds. The fourth-order valence-corrected chi connectivity index (χ4v) is 0.932. The molecule has 78 valence electrons. The monoisotopic (exact) mass is 193 g/mol. The summed E-state index contributed by atoms with van der Waals surface area (Å²) in [6.45, 7) is 5.28. The Labute approximate surface area is 86.2 Å².